The lowest BCUT2D eigenvalue weighted by Gasteiger charge is -2.04. The van der Waals surface area contributed by atoms with Crippen LogP contribution in [-0.4, -0.2) is 20.3 Å². The first kappa shape index (κ1) is 9.51. The molecule has 0 unspecified atom stereocenters. The van der Waals surface area contributed by atoms with Crippen LogP contribution in [0.4, 0.5) is 5.69 Å². The van der Waals surface area contributed by atoms with E-state index in [0.29, 0.717) is 0 Å². The summed E-state index contributed by atoms with van der Waals surface area (Å²) in [5.41, 5.74) is 2.24. The number of benzene rings is 1. The minimum Gasteiger partial charge on any atom is -0.388 e. The Balaban J connectivity index is 3.12. The van der Waals surface area contributed by atoms with Gasteiger partial charge in [-0.05, 0) is 40.8 Å². The van der Waals surface area contributed by atoms with Gasteiger partial charge in [0.15, 0.2) is 0 Å². The van der Waals surface area contributed by atoms with Gasteiger partial charge in [0.2, 0.25) is 0 Å². The Kier molecular flexibility index (Phi) is 3.52. The summed E-state index contributed by atoms with van der Waals surface area (Å²) in [7, 11) is 3.69. The summed E-state index contributed by atoms with van der Waals surface area (Å²) in [6, 6.07) is 6.22. The zero-order chi connectivity index (χ0) is 8.97. The molecule has 1 aromatic rings. The van der Waals surface area contributed by atoms with E-state index in [-0.39, 0.29) is 0 Å². The third-order valence-electron chi connectivity index (χ3n) is 1.55. The highest BCUT2D eigenvalue weighted by Gasteiger charge is 1.97. The molecular formula is C9H11IN2. The van der Waals surface area contributed by atoms with Crippen molar-refractivity contribution in [3.63, 3.8) is 0 Å². The molecule has 0 aliphatic rings. The van der Waals surface area contributed by atoms with Gasteiger partial charge in [-0.2, -0.15) is 0 Å². The van der Waals surface area contributed by atoms with Crippen molar-refractivity contribution in [2.24, 2.45) is 4.99 Å². The smallest absolute Gasteiger partial charge is 0.0427 e. The molecule has 1 aromatic carbocycles. The van der Waals surface area contributed by atoms with Crippen LogP contribution >= 0.6 is 22.6 Å². The predicted molar refractivity (Wildman–Crippen MR) is 62.2 cm³/mol. The fraction of sp³-hybridized carbons (Fsp3) is 0.222. The third-order valence-corrected chi connectivity index (χ3v) is 2.22. The van der Waals surface area contributed by atoms with Crippen molar-refractivity contribution in [1.29, 1.82) is 0 Å². The van der Waals surface area contributed by atoms with Crippen molar-refractivity contribution >= 4 is 34.5 Å². The van der Waals surface area contributed by atoms with Crippen LogP contribution in [-0.2, 0) is 0 Å². The highest BCUT2D eigenvalue weighted by atomic mass is 127. The fourth-order valence-electron chi connectivity index (χ4n) is 1.01. The van der Waals surface area contributed by atoms with Crippen LogP contribution in [0.15, 0.2) is 23.2 Å². The molecular weight excluding hydrogens is 263 g/mol. The molecule has 0 saturated heterocycles. The number of hydrogen-bond donors (Lipinski definition) is 1. The van der Waals surface area contributed by atoms with Crippen molar-refractivity contribution in [3.05, 3.63) is 27.3 Å². The summed E-state index contributed by atoms with van der Waals surface area (Å²) in [6.07, 6.45) is 1.86. The predicted octanol–water partition coefficient (Wildman–Crippen LogP) is 2.38. The van der Waals surface area contributed by atoms with E-state index in [0.717, 1.165) is 11.3 Å². The second kappa shape index (κ2) is 4.45. The first-order valence-corrected chi connectivity index (χ1v) is 4.75. The molecule has 0 aromatic heterocycles. The monoisotopic (exact) mass is 274 g/mol. The maximum atomic E-state index is 3.99. The Labute approximate surface area is 86.2 Å². The minimum absolute atomic E-state index is 1.11. The van der Waals surface area contributed by atoms with Gasteiger partial charge in [-0.3, -0.25) is 4.99 Å². The number of halogens is 1. The molecule has 0 saturated carbocycles. The van der Waals surface area contributed by atoms with E-state index in [4.69, 9.17) is 0 Å². The summed E-state index contributed by atoms with van der Waals surface area (Å²) in [5.74, 6) is 0. The molecule has 64 valence electrons. The first-order chi connectivity index (χ1) is 5.77. The summed E-state index contributed by atoms with van der Waals surface area (Å²) in [5, 5.41) is 3.11. The molecule has 2 nitrogen and oxygen atoms in total. The molecule has 3 heteroatoms. The van der Waals surface area contributed by atoms with Crippen LogP contribution in [0, 0.1) is 3.57 Å². The fourth-order valence-corrected chi connectivity index (χ4v) is 1.52. The lowest BCUT2D eigenvalue weighted by atomic mass is 10.2. The molecule has 0 amide bonds. The van der Waals surface area contributed by atoms with E-state index in [1.165, 1.54) is 3.57 Å². The van der Waals surface area contributed by atoms with Crippen LogP contribution in [0.25, 0.3) is 0 Å². The number of hydrogen-bond acceptors (Lipinski definition) is 2. The van der Waals surface area contributed by atoms with Crippen molar-refractivity contribution < 1.29 is 0 Å². The normalized spacial score (nSPS) is 10.6. The molecule has 12 heavy (non-hydrogen) atoms. The molecule has 1 rings (SSSR count). The van der Waals surface area contributed by atoms with E-state index >= 15 is 0 Å². The van der Waals surface area contributed by atoms with Gasteiger partial charge < -0.3 is 5.32 Å². The quantitative estimate of drug-likeness (QED) is 0.650. The third kappa shape index (κ3) is 2.20. The van der Waals surface area contributed by atoms with Gasteiger partial charge in [0.1, 0.15) is 0 Å². The molecule has 0 heterocycles. The van der Waals surface area contributed by atoms with Gasteiger partial charge in [-0.25, -0.2) is 0 Å². The Morgan fingerprint density at radius 3 is 2.83 bits per heavy atom. The Hall–Kier alpha value is -0.580. The lowest BCUT2D eigenvalue weighted by Crippen LogP contribution is -1.94. The molecule has 0 fully saturated rings. The number of anilines is 1. The maximum absolute atomic E-state index is 3.99. The van der Waals surface area contributed by atoms with Crippen LogP contribution in [0.2, 0.25) is 0 Å². The SMILES string of the molecule is CN=Cc1cc(I)ccc1NC. The van der Waals surface area contributed by atoms with Gasteiger partial charge >= 0.3 is 0 Å². The molecule has 0 atom stereocenters. The summed E-state index contributed by atoms with van der Waals surface area (Å²) >= 11 is 2.29. The number of nitrogens with zero attached hydrogens (tertiary/aromatic N) is 1. The Morgan fingerprint density at radius 2 is 2.25 bits per heavy atom. The number of rotatable bonds is 2. The second-order valence-corrected chi connectivity index (χ2v) is 3.61. The van der Waals surface area contributed by atoms with E-state index in [2.05, 4.69) is 51.1 Å². The molecule has 0 bridgehead atoms. The van der Waals surface area contributed by atoms with E-state index < -0.39 is 0 Å². The zero-order valence-corrected chi connectivity index (χ0v) is 9.29. The Bertz CT molecular complexity index is 295. The maximum Gasteiger partial charge on any atom is 0.0427 e. The molecule has 1 N–H and O–H groups in total. The van der Waals surface area contributed by atoms with E-state index in [1.807, 2.05) is 13.3 Å². The zero-order valence-electron chi connectivity index (χ0n) is 7.13. The summed E-state index contributed by atoms with van der Waals surface area (Å²) < 4.78 is 1.22. The van der Waals surface area contributed by atoms with Gasteiger partial charge in [0.25, 0.3) is 0 Å². The van der Waals surface area contributed by atoms with E-state index in [1.54, 1.807) is 7.05 Å². The van der Waals surface area contributed by atoms with Gasteiger partial charge in [-0.1, -0.05) is 0 Å². The van der Waals surface area contributed by atoms with Crippen molar-refractivity contribution in [2.45, 2.75) is 0 Å². The molecule has 0 radical (unpaired) electrons. The van der Waals surface area contributed by atoms with Crippen LogP contribution in [0.5, 0.6) is 0 Å². The van der Waals surface area contributed by atoms with Gasteiger partial charge in [0, 0.05) is 35.1 Å². The average Bonchev–Trinajstić information content (AvgIpc) is 2.05. The molecule has 0 spiro atoms. The van der Waals surface area contributed by atoms with Crippen molar-refractivity contribution in [1.82, 2.24) is 0 Å². The first-order valence-electron chi connectivity index (χ1n) is 3.67. The number of nitrogens with one attached hydrogen (secondary N) is 1. The van der Waals surface area contributed by atoms with Gasteiger partial charge in [-0.15, -0.1) is 0 Å². The second-order valence-electron chi connectivity index (χ2n) is 2.37. The van der Waals surface area contributed by atoms with Crippen LogP contribution in [0.3, 0.4) is 0 Å². The van der Waals surface area contributed by atoms with E-state index in [9.17, 15) is 0 Å². The average molecular weight is 274 g/mol. The van der Waals surface area contributed by atoms with Crippen LogP contribution in [0.1, 0.15) is 5.56 Å². The lowest BCUT2D eigenvalue weighted by molar-refractivity contribution is 1.44. The highest BCUT2D eigenvalue weighted by molar-refractivity contribution is 14.1. The summed E-state index contributed by atoms with van der Waals surface area (Å²) in [6.45, 7) is 0. The topological polar surface area (TPSA) is 24.4 Å². The minimum atomic E-state index is 1.11. The highest BCUT2D eigenvalue weighted by Crippen LogP contribution is 2.16. The summed E-state index contributed by atoms with van der Waals surface area (Å²) in [4.78, 5) is 3.99. The molecule has 0 aliphatic carbocycles. The van der Waals surface area contributed by atoms with Crippen LogP contribution < -0.4 is 5.32 Å². The Morgan fingerprint density at radius 1 is 1.50 bits per heavy atom. The molecule has 0 aliphatic heterocycles. The van der Waals surface area contributed by atoms with Crippen molar-refractivity contribution in [2.75, 3.05) is 19.4 Å². The van der Waals surface area contributed by atoms with Crippen molar-refractivity contribution in [3.8, 4) is 0 Å². The standard InChI is InChI=1S/C9H11IN2/c1-11-6-7-5-8(10)3-4-9(7)12-2/h3-6,12H,1-2H3. The number of aliphatic imine (C=N–C) groups is 1. The van der Waals surface area contributed by atoms with Gasteiger partial charge in [0.05, 0.1) is 0 Å². The largest absolute Gasteiger partial charge is 0.388 e.